The van der Waals surface area contributed by atoms with Gasteiger partial charge in [0.05, 0.1) is 12.9 Å². The number of methoxy groups -OCH3 is 1. The Morgan fingerprint density at radius 1 is 0.970 bits per heavy atom. The largest absolute Gasteiger partial charge is 0.497 e. The van der Waals surface area contributed by atoms with Crippen LogP contribution < -0.4 is 10.1 Å². The number of nitrogens with zero attached hydrogens (tertiary/aromatic N) is 2. The van der Waals surface area contributed by atoms with Crippen LogP contribution >= 0.6 is 11.8 Å². The normalized spacial score (nSPS) is 10.8. The third-order valence-corrected chi connectivity index (χ3v) is 6.17. The number of carbonyl (C=O) groups excluding carboxylic acids is 1. The molecule has 1 aromatic heterocycles. The lowest BCUT2D eigenvalue weighted by molar-refractivity contribution is -0.118. The van der Waals surface area contributed by atoms with Gasteiger partial charge < -0.3 is 10.1 Å². The van der Waals surface area contributed by atoms with Crippen molar-refractivity contribution in [2.24, 2.45) is 0 Å². The third-order valence-electron chi connectivity index (χ3n) is 5.32. The number of H-pyrrole nitrogens is 1. The molecule has 0 bridgehead atoms. The molecule has 6 nitrogen and oxygen atoms in total. The number of aromatic amines is 1. The van der Waals surface area contributed by atoms with E-state index in [1.165, 1.54) is 22.9 Å². The molecule has 168 valence electrons. The molecule has 4 aromatic rings. The maximum absolute atomic E-state index is 12.4. The molecule has 33 heavy (non-hydrogen) atoms. The van der Waals surface area contributed by atoms with Gasteiger partial charge in [0, 0.05) is 18.0 Å². The Kier molecular flexibility index (Phi) is 7.76. The average molecular weight is 459 g/mol. The molecule has 0 unspecified atom stereocenters. The van der Waals surface area contributed by atoms with Gasteiger partial charge in [0.15, 0.2) is 5.82 Å². The van der Waals surface area contributed by atoms with Crippen LogP contribution in [-0.4, -0.2) is 40.5 Å². The van der Waals surface area contributed by atoms with Gasteiger partial charge in [-0.25, -0.2) is 4.98 Å². The van der Waals surface area contributed by atoms with Crippen molar-refractivity contribution in [3.8, 4) is 17.1 Å². The second-order valence-electron chi connectivity index (χ2n) is 7.50. The van der Waals surface area contributed by atoms with Crippen molar-refractivity contribution in [3.05, 3.63) is 96.1 Å². The highest BCUT2D eigenvalue weighted by atomic mass is 32.2. The molecule has 0 atom stereocenters. The number of thioether (sulfide) groups is 1. The summed E-state index contributed by atoms with van der Waals surface area (Å²) in [6.45, 7) is 0.596. The fourth-order valence-electron chi connectivity index (χ4n) is 3.62. The van der Waals surface area contributed by atoms with Gasteiger partial charge in [-0.15, -0.1) is 5.10 Å². The first-order valence-corrected chi connectivity index (χ1v) is 11.8. The van der Waals surface area contributed by atoms with E-state index in [4.69, 9.17) is 4.74 Å². The summed E-state index contributed by atoms with van der Waals surface area (Å²) in [5.74, 6) is 1.91. The predicted octanol–water partition coefficient (Wildman–Crippen LogP) is 4.91. The van der Waals surface area contributed by atoms with E-state index in [1.54, 1.807) is 7.11 Å². The van der Waals surface area contributed by atoms with Crippen LogP contribution in [-0.2, 0) is 4.79 Å². The summed E-state index contributed by atoms with van der Waals surface area (Å²) in [5.41, 5.74) is 3.41. The number of nitrogens with one attached hydrogen (secondary N) is 2. The Morgan fingerprint density at radius 3 is 2.21 bits per heavy atom. The first-order valence-electron chi connectivity index (χ1n) is 10.8. The fourth-order valence-corrected chi connectivity index (χ4v) is 4.25. The number of aromatic nitrogens is 3. The molecular weight excluding hydrogens is 432 g/mol. The molecule has 0 saturated carbocycles. The summed E-state index contributed by atoms with van der Waals surface area (Å²) in [6, 6.07) is 28.4. The zero-order valence-electron chi connectivity index (χ0n) is 18.4. The number of benzene rings is 3. The van der Waals surface area contributed by atoms with E-state index in [1.807, 2.05) is 36.4 Å². The van der Waals surface area contributed by atoms with Crippen LogP contribution in [0.3, 0.4) is 0 Å². The highest BCUT2D eigenvalue weighted by Gasteiger charge is 2.15. The van der Waals surface area contributed by atoms with Crippen LogP contribution in [0.5, 0.6) is 5.75 Å². The number of rotatable bonds is 10. The quantitative estimate of drug-likeness (QED) is 0.330. The summed E-state index contributed by atoms with van der Waals surface area (Å²) in [4.78, 5) is 16.9. The monoisotopic (exact) mass is 458 g/mol. The standard InChI is InChI=1S/C26H26N4O2S/c1-32-22-14-12-21(13-15-22)25-28-26(30-29-25)33-18-24(31)27-17-16-23(19-8-4-2-5-9-19)20-10-6-3-7-11-20/h2-15,23H,16-18H2,1H3,(H,27,31)(H,28,29,30). The van der Waals surface area contributed by atoms with Crippen molar-refractivity contribution in [1.29, 1.82) is 0 Å². The molecule has 0 aliphatic carbocycles. The second-order valence-corrected chi connectivity index (χ2v) is 8.44. The lowest BCUT2D eigenvalue weighted by atomic mass is 9.88. The molecule has 0 aliphatic heterocycles. The number of hydrogen-bond acceptors (Lipinski definition) is 5. The van der Waals surface area contributed by atoms with Crippen LogP contribution in [0.2, 0.25) is 0 Å². The van der Waals surface area contributed by atoms with Gasteiger partial charge in [-0.3, -0.25) is 9.89 Å². The van der Waals surface area contributed by atoms with Crippen LogP contribution in [0.15, 0.2) is 90.1 Å². The molecule has 7 heteroatoms. The predicted molar refractivity (Wildman–Crippen MR) is 131 cm³/mol. The van der Waals surface area contributed by atoms with Crippen LogP contribution in [0.1, 0.15) is 23.5 Å². The number of carbonyl (C=O) groups is 1. The van der Waals surface area contributed by atoms with Gasteiger partial charge in [-0.05, 0) is 41.8 Å². The van der Waals surface area contributed by atoms with Gasteiger partial charge in [0.25, 0.3) is 0 Å². The summed E-state index contributed by atoms with van der Waals surface area (Å²) < 4.78 is 5.18. The first kappa shape index (κ1) is 22.6. The van der Waals surface area contributed by atoms with E-state index in [0.717, 1.165) is 17.7 Å². The minimum atomic E-state index is -0.0318. The van der Waals surface area contributed by atoms with Crippen molar-refractivity contribution >= 4 is 17.7 Å². The van der Waals surface area contributed by atoms with Gasteiger partial charge in [-0.2, -0.15) is 0 Å². The van der Waals surface area contributed by atoms with Crippen molar-refractivity contribution in [3.63, 3.8) is 0 Å². The molecular formula is C26H26N4O2S. The zero-order valence-corrected chi connectivity index (χ0v) is 19.2. The van der Waals surface area contributed by atoms with E-state index in [0.29, 0.717) is 17.5 Å². The van der Waals surface area contributed by atoms with Crippen molar-refractivity contribution < 1.29 is 9.53 Å². The molecule has 1 amide bonds. The number of hydrogen-bond donors (Lipinski definition) is 2. The van der Waals surface area contributed by atoms with Crippen molar-refractivity contribution in [1.82, 2.24) is 20.5 Å². The third kappa shape index (κ3) is 6.23. The molecule has 2 N–H and O–H groups in total. The maximum Gasteiger partial charge on any atom is 0.230 e. The Balaban J connectivity index is 1.28. The molecule has 0 spiro atoms. The molecule has 0 radical (unpaired) electrons. The molecule has 1 heterocycles. The van der Waals surface area contributed by atoms with Gasteiger partial charge in [0.1, 0.15) is 5.75 Å². The van der Waals surface area contributed by atoms with E-state index < -0.39 is 0 Å². The van der Waals surface area contributed by atoms with Crippen LogP contribution in [0, 0.1) is 0 Å². The summed E-state index contributed by atoms with van der Waals surface area (Å²) in [6.07, 6.45) is 0.826. The van der Waals surface area contributed by atoms with E-state index in [2.05, 4.69) is 69.0 Å². The Bertz CT molecular complexity index is 1110. The fraction of sp³-hybridized carbons (Fsp3) is 0.192. The van der Waals surface area contributed by atoms with E-state index in [9.17, 15) is 4.79 Å². The van der Waals surface area contributed by atoms with Crippen molar-refractivity contribution in [2.75, 3.05) is 19.4 Å². The Labute approximate surface area is 197 Å². The Hall–Kier alpha value is -3.58. The molecule has 0 fully saturated rings. The van der Waals surface area contributed by atoms with Crippen LogP contribution in [0.25, 0.3) is 11.4 Å². The first-order chi connectivity index (χ1) is 16.2. The molecule has 3 aromatic carbocycles. The summed E-state index contributed by atoms with van der Waals surface area (Å²) in [7, 11) is 1.63. The summed E-state index contributed by atoms with van der Waals surface area (Å²) >= 11 is 1.31. The van der Waals surface area contributed by atoms with Crippen molar-refractivity contribution in [2.45, 2.75) is 17.5 Å². The highest BCUT2D eigenvalue weighted by molar-refractivity contribution is 7.99. The smallest absolute Gasteiger partial charge is 0.230 e. The second kappa shape index (κ2) is 11.3. The average Bonchev–Trinajstić information content (AvgIpc) is 3.36. The summed E-state index contributed by atoms with van der Waals surface area (Å²) in [5, 5.41) is 10.7. The van der Waals surface area contributed by atoms with E-state index >= 15 is 0 Å². The minimum Gasteiger partial charge on any atom is -0.497 e. The topological polar surface area (TPSA) is 79.9 Å². The lowest BCUT2D eigenvalue weighted by Crippen LogP contribution is -2.27. The lowest BCUT2D eigenvalue weighted by Gasteiger charge is -2.18. The van der Waals surface area contributed by atoms with Gasteiger partial charge in [-0.1, -0.05) is 72.4 Å². The SMILES string of the molecule is COc1ccc(-c2nc(SCC(=O)NCCC(c3ccccc3)c3ccccc3)n[nH]2)cc1. The number of amides is 1. The molecule has 0 aliphatic rings. The molecule has 4 rings (SSSR count). The van der Waals surface area contributed by atoms with Crippen LogP contribution in [0.4, 0.5) is 0 Å². The highest BCUT2D eigenvalue weighted by Crippen LogP contribution is 2.27. The number of ether oxygens (including phenoxy) is 1. The van der Waals surface area contributed by atoms with Gasteiger partial charge in [0.2, 0.25) is 11.1 Å². The zero-order chi connectivity index (χ0) is 22.9. The Morgan fingerprint density at radius 2 is 1.61 bits per heavy atom. The maximum atomic E-state index is 12.4. The molecule has 0 saturated heterocycles. The van der Waals surface area contributed by atoms with E-state index in [-0.39, 0.29) is 17.6 Å². The minimum absolute atomic E-state index is 0.0318. The van der Waals surface area contributed by atoms with Gasteiger partial charge >= 0.3 is 0 Å².